The summed E-state index contributed by atoms with van der Waals surface area (Å²) in [6.07, 6.45) is 5.54. The first kappa shape index (κ1) is 18.1. The Balaban J connectivity index is 0.000000770. The zero-order chi connectivity index (χ0) is 13.1. The molecule has 0 spiro atoms. The van der Waals surface area contributed by atoms with Gasteiger partial charge in [-0.05, 0) is 13.2 Å². The zero-order valence-corrected chi connectivity index (χ0v) is 16.2. The minimum absolute atomic E-state index is 0.306. The van der Waals surface area contributed by atoms with Crippen LogP contribution >= 0.6 is 43.4 Å². The van der Waals surface area contributed by atoms with E-state index in [1.807, 2.05) is 13.2 Å². The van der Waals surface area contributed by atoms with Gasteiger partial charge in [0.05, 0.1) is 0 Å². The zero-order valence-electron chi connectivity index (χ0n) is 10.1. The summed E-state index contributed by atoms with van der Waals surface area (Å²) in [6, 6.07) is 0.306. The SMILES string of the molecule is CSC(=S)N/N=C(\C)C1CCCC[N-]1.[Cl][Zn][Cl]. The molecule has 0 aromatic rings. The predicted molar refractivity (Wildman–Crippen MR) is 79.9 cm³/mol. The molecular formula is C9H16Cl2N3S2Zn-. The number of piperidine rings is 1. The second-order valence-electron chi connectivity index (χ2n) is 3.38. The first-order chi connectivity index (χ1) is 8.15. The van der Waals surface area contributed by atoms with E-state index in [2.05, 4.69) is 15.8 Å². The summed E-state index contributed by atoms with van der Waals surface area (Å²) in [4.78, 5) is 0. The summed E-state index contributed by atoms with van der Waals surface area (Å²) in [7, 11) is 9.90. The van der Waals surface area contributed by atoms with Gasteiger partial charge in [-0.3, -0.25) is 5.43 Å². The summed E-state index contributed by atoms with van der Waals surface area (Å²) in [5.74, 6) is 0. The first-order valence-electron chi connectivity index (χ1n) is 5.32. The number of nitrogens with zero attached hydrogens (tertiary/aromatic N) is 2. The van der Waals surface area contributed by atoms with Gasteiger partial charge in [0.2, 0.25) is 0 Å². The van der Waals surface area contributed by atoms with E-state index in [0.29, 0.717) is 10.4 Å². The van der Waals surface area contributed by atoms with Gasteiger partial charge in [-0.1, -0.05) is 49.3 Å². The van der Waals surface area contributed by atoms with Gasteiger partial charge in [-0.25, -0.2) is 0 Å². The van der Waals surface area contributed by atoms with Crippen molar-refractivity contribution in [3.8, 4) is 0 Å². The number of nitrogens with one attached hydrogen (secondary N) is 1. The Kier molecular flexibility index (Phi) is 12.9. The van der Waals surface area contributed by atoms with Crippen LogP contribution in [0.2, 0.25) is 0 Å². The Morgan fingerprint density at radius 3 is 2.65 bits per heavy atom. The second-order valence-corrected chi connectivity index (χ2v) is 9.48. The summed E-state index contributed by atoms with van der Waals surface area (Å²) in [6.45, 7) is 2.99. The molecule has 1 saturated heterocycles. The molecule has 0 amide bonds. The molecule has 1 fully saturated rings. The molecular weight excluding hydrogens is 351 g/mol. The fourth-order valence-corrected chi connectivity index (χ4v) is 1.57. The maximum absolute atomic E-state index is 4.99. The van der Waals surface area contributed by atoms with Crippen LogP contribution in [0.3, 0.4) is 0 Å². The first-order valence-corrected chi connectivity index (χ1v) is 14.8. The summed E-state index contributed by atoms with van der Waals surface area (Å²) in [5, 5.41) is 8.74. The molecule has 1 rings (SSSR count). The van der Waals surface area contributed by atoms with Gasteiger partial charge in [-0.2, -0.15) is 5.10 Å². The molecule has 1 aliphatic rings. The van der Waals surface area contributed by atoms with E-state index in [4.69, 9.17) is 31.6 Å². The van der Waals surface area contributed by atoms with Crippen LogP contribution < -0.4 is 5.43 Å². The van der Waals surface area contributed by atoms with Crippen LogP contribution in [0, 0.1) is 0 Å². The van der Waals surface area contributed by atoms with Gasteiger partial charge in [0.25, 0.3) is 0 Å². The fourth-order valence-electron chi connectivity index (χ4n) is 1.38. The Bertz CT molecular complexity index is 248. The van der Waals surface area contributed by atoms with Crippen LogP contribution in [-0.4, -0.2) is 28.9 Å². The predicted octanol–water partition coefficient (Wildman–Crippen LogP) is 3.90. The maximum atomic E-state index is 4.99. The van der Waals surface area contributed by atoms with Crippen molar-refractivity contribution >= 4 is 53.4 Å². The van der Waals surface area contributed by atoms with Crippen molar-refractivity contribution < 1.29 is 15.1 Å². The summed E-state index contributed by atoms with van der Waals surface area (Å²) >= 11 is 5.55. The van der Waals surface area contributed by atoms with Crippen molar-refractivity contribution in [2.45, 2.75) is 32.2 Å². The third-order valence-corrected chi connectivity index (χ3v) is 3.28. The molecule has 1 atom stereocenters. The molecule has 0 saturated carbocycles. The molecule has 3 nitrogen and oxygen atoms in total. The molecule has 0 aromatic heterocycles. The molecule has 1 heterocycles. The van der Waals surface area contributed by atoms with E-state index in [1.165, 1.54) is 24.6 Å². The van der Waals surface area contributed by atoms with Gasteiger partial charge in [0, 0.05) is 5.71 Å². The molecule has 1 N–H and O–H groups in total. The third kappa shape index (κ3) is 9.63. The van der Waals surface area contributed by atoms with Crippen molar-refractivity contribution in [2.24, 2.45) is 5.10 Å². The van der Waals surface area contributed by atoms with Crippen LogP contribution in [0.15, 0.2) is 5.10 Å². The Morgan fingerprint density at radius 1 is 1.53 bits per heavy atom. The minimum atomic E-state index is -0.931. The average Bonchev–Trinajstić information content (AvgIpc) is 2.37. The molecule has 0 aromatic carbocycles. The van der Waals surface area contributed by atoms with Gasteiger partial charge in [0.15, 0.2) is 4.32 Å². The van der Waals surface area contributed by atoms with E-state index in [1.54, 1.807) is 0 Å². The Labute approximate surface area is 129 Å². The number of hydrazone groups is 1. The van der Waals surface area contributed by atoms with Crippen LogP contribution in [-0.2, 0) is 15.1 Å². The number of halogens is 2. The standard InChI is InChI=1S/C9H16N3S2.2ClH.Zn/c1-7(11-12-9(13)14-2)8-5-3-4-6-10-8;;;/h8H,3-6H2,1-2H3,(H,12,13);2*1H;/q-1;;;+2/p-2/b11-7+;;;. The van der Waals surface area contributed by atoms with E-state index in [0.717, 1.165) is 18.7 Å². The second kappa shape index (κ2) is 12.1. The fraction of sp³-hybridized carbons (Fsp3) is 0.778. The van der Waals surface area contributed by atoms with E-state index < -0.39 is 15.1 Å². The van der Waals surface area contributed by atoms with Gasteiger partial charge < -0.3 is 5.32 Å². The Morgan fingerprint density at radius 2 is 2.18 bits per heavy atom. The number of hydrogen-bond donors (Lipinski definition) is 1. The number of thioether (sulfide) groups is 1. The monoisotopic (exact) mass is 364 g/mol. The van der Waals surface area contributed by atoms with Gasteiger partial charge in [0.1, 0.15) is 0 Å². The molecule has 0 radical (unpaired) electrons. The molecule has 17 heavy (non-hydrogen) atoms. The molecule has 1 unspecified atom stereocenters. The molecule has 0 bridgehead atoms. The summed E-state index contributed by atoms with van der Waals surface area (Å²) < 4.78 is 0.708. The third-order valence-electron chi connectivity index (χ3n) is 2.23. The number of rotatable bonds is 2. The number of thiocarbonyl (C=S) groups is 1. The van der Waals surface area contributed by atoms with Gasteiger partial charge >= 0.3 is 34.5 Å². The molecule has 1 aliphatic heterocycles. The summed E-state index contributed by atoms with van der Waals surface area (Å²) in [5.41, 5.74) is 3.89. The van der Waals surface area contributed by atoms with Gasteiger partial charge in [-0.15, -0.1) is 6.54 Å². The van der Waals surface area contributed by atoms with E-state index in [9.17, 15) is 0 Å². The Hall–Kier alpha value is 1.07. The van der Waals surface area contributed by atoms with Crippen molar-refractivity contribution in [1.82, 2.24) is 5.43 Å². The van der Waals surface area contributed by atoms with Crippen molar-refractivity contribution in [3.63, 3.8) is 0 Å². The van der Waals surface area contributed by atoms with Crippen molar-refractivity contribution in [3.05, 3.63) is 5.32 Å². The van der Waals surface area contributed by atoms with Crippen LogP contribution in [0.4, 0.5) is 0 Å². The molecule has 0 aliphatic carbocycles. The van der Waals surface area contributed by atoms with E-state index in [-0.39, 0.29) is 0 Å². The molecule has 96 valence electrons. The molecule has 8 heteroatoms. The van der Waals surface area contributed by atoms with Crippen LogP contribution in [0.5, 0.6) is 0 Å². The van der Waals surface area contributed by atoms with E-state index >= 15 is 0 Å². The average molecular weight is 367 g/mol. The number of hydrogen-bond acceptors (Lipinski definition) is 3. The van der Waals surface area contributed by atoms with Crippen molar-refractivity contribution in [1.29, 1.82) is 0 Å². The van der Waals surface area contributed by atoms with Crippen LogP contribution in [0.1, 0.15) is 26.2 Å². The normalized spacial score (nSPS) is 19.8. The van der Waals surface area contributed by atoms with Crippen LogP contribution in [0.25, 0.3) is 5.32 Å². The quantitative estimate of drug-likeness (QED) is 0.349. The topological polar surface area (TPSA) is 38.5 Å². The van der Waals surface area contributed by atoms with Crippen molar-refractivity contribution in [2.75, 3.05) is 12.8 Å².